The molecule has 5 heteroatoms. The predicted octanol–water partition coefficient (Wildman–Crippen LogP) is 3.03. The third-order valence-corrected chi connectivity index (χ3v) is 5.06. The second-order valence-corrected chi connectivity index (χ2v) is 7.11. The van der Waals surface area contributed by atoms with Gasteiger partial charge in [0, 0.05) is 38.6 Å². The second kappa shape index (κ2) is 12.3. The highest BCUT2D eigenvalue weighted by atomic mass is 16.5. The number of unbranched alkanes of at least 4 members (excludes halogenated alkanes) is 1. The zero-order valence-electron chi connectivity index (χ0n) is 15.7. The Labute approximate surface area is 147 Å². The fourth-order valence-electron chi connectivity index (χ4n) is 3.13. The van der Waals surface area contributed by atoms with Gasteiger partial charge in [-0.25, -0.2) is 0 Å². The molecule has 2 amide bonds. The van der Waals surface area contributed by atoms with Crippen LogP contribution < -0.4 is 10.6 Å². The van der Waals surface area contributed by atoms with Crippen molar-refractivity contribution in [2.24, 2.45) is 11.8 Å². The monoisotopic (exact) mass is 340 g/mol. The molecule has 1 saturated carbocycles. The molecule has 1 rings (SSSR count). The largest absolute Gasteiger partial charge is 0.381 e. The Bertz CT molecular complexity index is 374. The zero-order chi connectivity index (χ0) is 17.8. The molecule has 0 spiro atoms. The van der Waals surface area contributed by atoms with Gasteiger partial charge >= 0.3 is 0 Å². The molecule has 1 fully saturated rings. The molecule has 140 valence electrons. The van der Waals surface area contributed by atoms with Gasteiger partial charge in [0.2, 0.25) is 11.8 Å². The number of nitrogens with one attached hydrogen (secondary N) is 2. The normalized spacial score (nSPS) is 23.7. The summed E-state index contributed by atoms with van der Waals surface area (Å²) in [5, 5.41) is 5.96. The van der Waals surface area contributed by atoms with Gasteiger partial charge in [-0.15, -0.1) is 0 Å². The van der Waals surface area contributed by atoms with Gasteiger partial charge in [0.1, 0.15) is 0 Å². The zero-order valence-corrected chi connectivity index (χ0v) is 15.7. The molecule has 0 bridgehead atoms. The lowest BCUT2D eigenvalue weighted by atomic mass is 9.78. The van der Waals surface area contributed by atoms with Crippen LogP contribution in [-0.2, 0) is 14.3 Å². The van der Waals surface area contributed by atoms with Gasteiger partial charge in [-0.3, -0.25) is 9.59 Å². The topological polar surface area (TPSA) is 67.4 Å². The van der Waals surface area contributed by atoms with E-state index in [9.17, 15) is 9.59 Å². The number of rotatable bonds is 11. The van der Waals surface area contributed by atoms with Crippen molar-refractivity contribution in [2.45, 2.75) is 78.2 Å². The summed E-state index contributed by atoms with van der Waals surface area (Å²) in [6, 6.07) is 0.268. The molecule has 0 heterocycles. The smallest absolute Gasteiger partial charge is 0.220 e. The Morgan fingerprint density at radius 1 is 1.04 bits per heavy atom. The first-order valence-corrected chi connectivity index (χ1v) is 9.68. The highest BCUT2D eigenvalue weighted by molar-refractivity contribution is 5.83. The van der Waals surface area contributed by atoms with Crippen LogP contribution in [0.4, 0.5) is 0 Å². The molecule has 1 aliphatic rings. The molecule has 0 aliphatic heterocycles. The van der Waals surface area contributed by atoms with Crippen molar-refractivity contribution in [3.05, 3.63) is 0 Å². The number of ether oxygens (including phenoxy) is 1. The summed E-state index contributed by atoms with van der Waals surface area (Å²) in [7, 11) is 0. The third kappa shape index (κ3) is 8.67. The number of carbonyl (C=O) groups excluding carboxylic acids is 2. The molecule has 0 radical (unpaired) electrons. The van der Waals surface area contributed by atoms with E-state index in [1.807, 2.05) is 0 Å². The van der Waals surface area contributed by atoms with Crippen LogP contribution in [0.2, 0.25) is 0 Å². The maximum absolute atomic E-state index is 12.0. The van der Waals surface area contributed by atoms with Crippen LogP contribution in [0.15, 0.2) is 0 Å². The number of hydrogen-bond donors (Lipinski definition) is 2. The summed E-state index contributed by atoms with van der Waals surface area (Å²) in [5.41, 5.74) is 0. The summed E-state index contributed by atoms with van der Waals surface area (Å²) < 4.78 is 5.44. The molecule has 3 atom stereocenters. The standard InChI is InChI=1S/C19H36N2O3/c1-4-5-13-24-14-7-12-20-18(22)10-11-19(23)21-17-9-6-8-15(2)16(17)3/h15-17H,4-14H2,1-3H3,(H,20,22)(H,21,23)/t15-,16+,17+/m0/s1. The maximum atomic E-state index is 12.0. The van der Waals surface area contributed by atoms with Crippen molar-refractivity contribution in [3.63, 3.8) is 0 Å². The van der Waals surface area contributed by atoms with Crippen molar-refractivity contribution in [1.29, 1.82) is 0 Å². The van der Waals surface area contributed by atoms with Crippen LogP contribution in [0.3, 0.4) is 0 Å². The first-order valence-electron chi connectivity index (χ1n) is 9.68. The molecule has 0 aromatic heterocycles. The maximum Gasteiger partial charge on any atom is 0.220 e. The lowest BCUT2D eigenvalue weighted by Gasteiger charge is -2.34. The first-order chi connectivity index (χ1) is 11.5. The van der Waals surface area contributed by atoms with E-state index < -0.39 is 0 Å². The lowest BCUT2D eigenvalue weighted by Crippen LogP contribution is -2.43. The van der Waals surface area contributed by atoms with Crippen molar-refractivity contribution in [2.75, 3.05) is 19.8 Å². The van der Waals surface area contributed by atoms with Crippen LogP contribution in [0.5, 0.6) is 0 Å². The van der Waals surface area contributed by atoms with E-state index in [4.69, 9.17) is 4.74 Å². The summed E-state index contributed by atoms with van der Waals surface area (Å²) in [5.74, 6) is 1.12. The molecule has 2 N–H and O–H groups in total. The predicted molar refractivity (Wildman–Crippen MR) is 96.7 cm³/mol. The van der Waals surface area contributed by atoms with Gasteiger partial charge in [-0.1, -0.05) is 40.0 Å². The van der Waals surface area contributed by atoms with Crippen LogP contribution >= 0.6 is 0 Å². The highest BCUT2D eigenvalue weighted by Gasteiger charge is 2.27. The SMILES string of the molecule is CCCCOCCCNC(=O)CCC(=O)N[C@@H]1CCC[C@H](C)[C@H]1C. The Morgan fingerprint density at radius 2 is 1.75 bits per heavy atom. The van der Waals surface area contributed by atoms with E-state index in [0.717, 1.165) is 32.3 Å². The lowest BCUT2D eigenvalue weighted by molar-refractivity contribution is -0.127. The third-order valence-electron chi connectivity index (χ3n) is 5.06. The Morgan fingerprint density at radius 3 is 2.50 bits per heavy atom. The van der Waals surface area contributed by atoms with Gasteiger partial charge in [0.05, 0.1) is 0 Å². The minimum atomic E-state index is -0.0521. The molecule has 1 aliphatic carbocycles. The van der Waals surface area contributed by atoms with Gasteiger partial charge in [-0.2, -0.15) is 0 Å². The van der Waals surface area contributed by atoms with E-state index >= 15 is 0 Å². The Hall–Kier alpha value is -1.10. The second-order valence-electron chi connectivity index (χ2n) is 7.11. The van der Waals surface area contributed by atoms with E-state index in [-0.39, 0.29) is 30.7 Å². The van der Waals surface area contributed by atoms with Crippen molar-refractivity contribution < 1.29 is 14.3 Å². The van der Waals surface area contributed by atoms with Crippen molar-refractivity contribution in [3.8, 4) is 0 Å². The number of amides is 2. The van der Waals surface area contributed by atoms with Gasteiger partial charge in [0.25, 0.3) is 0 Å². The van der Waals surface area contributed by atoms with Gasteiger partial charge < -0.3 is 15.4 Å². The molecular formula is C19H36N2O3. The Balaban J connectivity index is 2.06. The fourth-order valence-corrected chi connectivity index (χ4v) is 3.13. The average molecular weight is 341 g/mol. The quantitative estimate of drug-likeness (QED) is 0.568. The van der Waals surface area contributed by atoms with Gasteiger partial charge in [0.15, 0.2) is 0 Å². The molecule has 5 nitrogen and oxygen atoms in total. The average Bonchev–Trinajstić information content (AvgIpc) is 2.56. The van der Waals surface area contributed by atoms with E-state index in [0.29, 0.717) is 25.0 Å². The summed E-state index contributed by atoms with van der Waals surface area (Å²) >= 11 is 0. The van der Waals surface area contributed by atoms with Crippen LogP contribution in [0.25, 0.3) is 0 Å². The van der Waals surface area contributed by atoms with Gasteiger partial charge in [-0.05, 0) is 31.1 Å². The van der Waals surface area contributed by atoms with Crippen LogP contribution in [-0.4, -0.2) is 37.6 Å². The molecule has 0 unspecified atom stereocenters. The molecular weight excluding hydrogens is 304 g/mol. The molecule has 0 saturated heterocycles. The van der Waals surface area contributed by atoms with E-state index in [2.05, 4.69) is 31.4 Å². The molecule has 0 aromatic rings. The minimum Gasteiger partial charge on any atom is -0.381 e. The van der Waals surface area contributed by atoms with Crippen LogP contribution in [0.1, 0.15) is 72.1 Å². The summed E-state index contributed by atoms with van der Waals surface area (Å²) in [6.45, 7) is 8.69. The summed E-state index contributed by atoms with van der Waals surface area (Å²) in [6.07, 6.45) is 7.06. The van der Waals surface area contributed by atoms with Crippen molar-refractivity contribution in [1.82, 2.24) is 10.6 Å². The first kappa shape index (κ1) is 20.9. The van der Waals surface area contributed by atoms with Crippen LogP contribution in [0, 0.1) is 11.8 Å². The number of carbonyl (C=O) groups is 2. The number of hydrogen-bond acceptors (Lipinski definition) is 3. The van der Waals surface area contributed by atoms with E-state index in [1.54, 1.807) is 0 Å². The molecule has 0 aromatic carbocycles. The highest BCUT2D eigenvalue weighted by Crippen LogP contribution is 2.29. The molecule has 24 heavy (non-hydrogen) atoms. The minimum absolute atomic E-state index is 0.000927. The summed E-state index contributed by atoms with van der Waals surface area (Å²) in [4.78, 5) is 23.8. The van der Waals surface area contributed by atoms with E-state index in [1.165, 1.54) is 12.8 Å². The van der Waals surface area contributed by atoms with Crippen molar-refractivity contribution >= 4 is 11.8 Å². The fraction of sp³-hybridized carbons (Fsp3) is 0.895. The Kier molecular flexibility index (Phi) is 10.7.